The van der Waals surface area contributed by atoms with Crippen LogP contribution in [0.15, 0.2) is 22.6 Å². The summed E-state index contributed by atoms with van der Waals surface area (Å²) in [5.41, 5.74) is 1.24. The van der Waals surface area contributed by atoms with E-state index in [2.05, 4.69) is 11.1 Å². The summed E-state index contributed by atoms with van der Waals surface area (Å²) in [4.78, 5) is 5.51. The van der Waals surface area contributed by atoms with Crippen LogP contribution in [0.25, 0.3) is 11.1 Å². The monoisotopic (exact) mass is 209 g/mol. The van der Waals surface area contributed by atoms with E-state index in [1.54, 1.807) is 18.2 Å². The van der Waals surface area contributed by atoms with Crippen LogP contribution in [0.4, 0.5) is 14.8 Å². The topological polar surface area (TPSA) is 29.3 Å². The molecule has 1 fully saturated rings. The molecule has 0 spiro atoms. The van der Waals surface area contributed by atoms with Crippen LogP contribution in [-0.2, 0) is 0 Å². The molecule has 0 unspecified atom stereocenters. The fourth-order valence-electron chi connectivity index (χ4n) is 1.59. The van der Waals surface area contributed by atoms with Crippen molar-refractivity contribution >= 4 is 17.1 Å². The van der Waals surface area contributed by atoms with E-state index in [0.717, 1.165) is 0 Å². The Morgan fingerprint density at radius 1 is 1.47 bits per heavy atom. The minimum atomic E-state index is -2.60. The summed E-state index contributed by atoms with van der Waals surface area (Å²) in [5, 5.41) is 0. The van der Waals surface area contributed by atoms with Gasteiger partial charge in [0.1, 0.15) is 5.52 Å². The molecule has 3 nitrogen and oxygen atoms in total. The van der Waals surface area contributed by atoms with Crippen molar-refractivity contribution < 1.29 is 13.2 Å². The normalized spacial score (nSPS) is 19.2. The molecule has 0 amide bonds. The van der Waals surface area contributed by atoms with Gasteiger partial charge in [-0.1, -0.05) is 6.07 Å². The molecule has 0 N–H and O–H groups in total. The van der Waals surface area contributed by atoms with Crippen molar-refractivity contribution in [2.45, 2.75) is 5.92 Å². The largest absolute Gasteiger partial charge is 0.423 e. The summed E-state index contributed by atoms with van der Waals surface area (Å²) in [6.07, 6.45) is 0. The number of nitrogens with zero attached hydrogens (tertiary/aromatic N) is 2. The van der Waals surface area contributed by atoms with Gasteiger partial charge in [-0.2, -0.15) is 4.98 Å². The highest BCUT2D eigenvalue weighted by molar-refractivity contribution is 5.74. The number of benzene rings is 1. The summed E-state index contributed by atoms with van der Waals surface area (Å²) in [6, 6.07) is 8.19. The van der Waals surface area contributed by atoms with E-state index < -0.39 is 5.92 Å². The van der Waals surface area contributed by atoms with Gasteiger partial charge in [-0.3, -0.25) is 0 Å². The summed E-state index contributed by atoms with van der Waals surface area (Å²) in [7, 11) is 0. The zero-order valence-corrected chi connectivity index (χ0v) is 7.70. The number of oxazole rings is 1. The minimum Gasteiger partial charge on any atom is -0.423 e. The standard InChI is InChI=1S/C10H7F2N2O/c11-10(12)5-14(6-10)9-13-7-3-1-2-4-8(7)15-9/h2-4H,5-6H2. The highest BCUT2D eigenvalue weighted by Crippen LogP contribution is 2.32. The third kappa shape index (κ3) is 1.35. The quantitative estimate of drug-likeness (QED) is 0.720. The molecule has 2 aromatic rings. The highest BCUT2D eigenvalue weighted by atomic mass is 19.3. The van der Waals surface area contributed by atoms with Crippen LogP contribution in [0.1, 0.15) is 0 Å². The Kier molecular flexibility index (Phi) is 1.55. The predicted molar refractivity (Wildman–Crippen MR) is 50.0 cm³/mol. The van der Waals surface area contributed by atoms with E-state index in [4.69, 9.17) is 4.42 Å². The van der Waals surface area contributed by atoms with Gasteiger partial charge in [0.25, 0.3) is 11.9 Å². The maximum Gasteiger partial charge on any atom is 0.298 e. The molecule has 5 heteroatoms. The first kappa shape index (κ1) is 8.64. The Labute approximate surface area is 84.3 Å². The fourth-order valence-corrected chi connectivity index (χ4v) is 1.59. The van der Waals surface area contributed by atoms with Gasteiger partial charge in [-0.05, 0) is 18.2 Å². The Morgan fingerprint density at radius 3 is 2.93 bits per heavy atom. The molecule has 1 aliphatic heterocycles. The van der Waals surface area contributed by atoms with E-state index in [0.29, 0.717) is 11.1 Å². The first-order chi connectivity index (χ1) is 7.14. The van der Waals surface area contributed by atoms with Crippen molar-refractivity contribution in [1.29, 1.82) is 0 Å². The molecule has 1 aromatic heterocycles. The first-order valence-electron chi connectivity index (χ1n) is 4.53. The number of alkyl halides is 2. The van der Waals surface area contributed by atoms with Gasteiger partial charge >= 0.3 is 0 Å². The van der Waals surface area contributed by atoms with Crippen LogP contribution in [-0.4, -0.2) is 24.0 Å². The zero-order chi connectivity index (χ0) is 10.5. The van der Waals surface area contributed by atoms with Gasteiger partial charge in [0.15, 0.2) is 5.58 Å². The number of aromatic nitrogens is 1. The summed E-state index contributed by atoms with van der Waals surface area (Å²) >= 11 is 0. The number of rotatable bonds is 1. The smallest absolute Gasteiger partial charge is 0.298 e. The van der Waals surface area contributed by atoms with Crippen molar-refractivity contribution in [2.24, 2.45) is 0 Å². The van der Waals surface area contributed by atoms with Gasteiger partial charge < -0.3 is 9.32 Å². The average Bonchev–Trinajstić information content (AvgIpc) is 2.56. The third-order valence-corrected chi connectivity index (χ3v) is 2.34. The molecule has 0 aliphatic carbocycles. The lowest BCUT2D eigenvalue weighted by molar-refractivity contribution is -0.0287. The molecule has 0 bridgehead atoms. The van der Waals surface area contributed by atoms with Crippen LogP contribution in [0.2, 0.25) is 0 Å². The molecule has 1 saturated heterocycles. The molecular formula is C10H7F2N2O. The minimum absolute atomic E-state index is 0.260. The fraction of sp³-hybridized carbons (Fsp3) is 0.300. The number of hydrogen-bond donors (Lipinski definition) is 0. The van der Waals surface area contributed by atoms with Crippen molar-refractivity contribution in [3.8, 4) is 0 Å². The number of halogens is 2. The van der Waals surface area contributed by atoms with Crippen LogP contribution >= 0.6 is 0 Å². The molecule has 77 valence electrons. The Morgan fingerprint density at radius 2 is 2.27 bits per heavy atom. The predicted octanol–water partition coefficient (Wildman–Crippen LogP) is 2.08. The molecule has 2 heterocycles. The maximum atomic E-state index is 12.6. The molecule has 15 heavy (non-hydrogen) atoms. The van der Waals surface area contributed by atoms with E-state index >= 15 is 0 Å². The number of anilines is 1. The van der Waals surface area contributed by atoms with Crippen LogP contribution in [0.3, 0.4) is 0 Å². The van der Waals surface area contributed by atoms with Crippen molar-refractivity contribution in [1.82, 2.24) is 4.98 Å². The maximum absolute atomic E-state index is 12.6. The van der Waals surface area contributed by atoms with Crippen LogP contribution in [0, 0.1) is 6.07 Å². The highest BCUT2D eigenvalue weighted by Gasteiger charge is 2.45. The first-order valence-corrected chi connectivity index (χ1v) is 4.53. The van der Waals surface area contributed by atoms with E-state index in [9.17, 15) is 8.78 Å². The molecule has 0 saturated carbocycles. The van der Waals surface area contributed by atoms with Crippen LogP contribution in [0.5, 0.6) is 0 Å². The second kappa shape index (κ2) is 2.68. The second-order valence-corrected chi connectivity index (χ2v) is 3.60. The number of hydrogen-bond acceptors (Lipinski definition) is 3. The Balaban J connectivity index is 1.93. The average molecular weight is 209 g/mol. The van der Waals surface area contributed by atoms with E-state index in [1.807, 2.05) is 0 Å². The zero-order valence-electron chi connectivity index (χ0n) is 7.70. The summed E-state index contributed by atoms with van der Waals surface area (Å²) < 4.78 is 30.6. The molecular weight excluding hydrogens is 202 g/mol. The van der Waals surface area contributed by atoms with E-state index in [-0.39, 0.29) is 19.1 Å². The van der Waals surface area contributed by atoms with Crippen molar-refractivity contribution in [2.75, 3.05) is 18.0 Å². The van der Waals surface area contributed by atoms with E-state index in [1.165, 1.54) is 4.90 Å². The van der Waals surface area contributed by atoms with Crippen LogP contribution < -0.4 is 4.90 Å². The van der Waals surface area contributed by atoms with Gasteiger partial charge in [-0.15, -0.1) is 0 Å². The summed E-state index contributed by atoms with van der Waals surface area (Å²) in [5.74, 6) is -2.60. The van der Waals surface area contributed by atoms with Crippen molar-refractivity contribution in [3.63, 3.8) is 0 Å². The Bertz CT molecular complexity index is 468. The van der Waals surface area contributed by atoms with Gasteiger partial charge in [0, 0.05) is 0 Å². The molecule has 1 radical (unpaired) electrons. The van der Waals surface area contributed by atoms with Gasteiger partial charge in [0.2, 0.25) is 0 Å². The molecule has 1 aromatic carbocycles. The van der Waals surface area contributed by atoms with Crippen molar-refractivity contribution in [3.05, 3.63) is 24.3 Å². The molecule has 1 aliphatic rings. The Hall–Kier alpha value is -1.65. The molecule has 0 atom stereocenters. The lowest BCUT2D eigenvalue weighted by Gasteiger charge is -2.37. The second-order valence-electron chi connectivity index (χ2n) is 3.60. The lowest BCUT2D eigenvalue weighted by atomic mass is 10.2. The molecule has 3 rings (SSSR count). The SMILES string of the molecule is FC1(F)CN(c2nc3c[c]ccc3o2)C1. The van der Waals surface area contributed by atoms with Gasteiger partial charge in [0.05, 0.1) is 13.1 Å². The third-order valence-electron chi connectivity index (χ3n) is 2.34. The summed E-state index contributed by atoms with van der Waals surface area (Å²) in [6.45, 7) is -0.632. The number of fused-ring (bicyclic) bond motifs is 1. The lowest BCUT2D eigenvalue weighted by Crippen LogP contribution is -2.56. The van der Waals surface area contributed by atoms with Gasteiger partial charge in [-0.25, -0.2) is 8.78 Å².